The largest absolute Gasteiger partial charge is 0.472 e. The van der Waals surface area contributed by atoms with Crippen LogP contribution in [0, 0.1) is 0 Å². The Morgan fingerprint density at radius 3 is 1.26 bits per heavy atom. The number of nitrogens with zero attached hydrogens (tertiary/aromatic N) is 1. The molecule has 0 saturated heterocycles. The van der Waals surface area contributed by atoms with E-state index < -0.39 is 20.0 Å². The Morgan fingerprint density at radius 2 is 0.836 bits per heavy atom. The molecule has 0 heterocycles. The highest BCUT2D eigenvalue weighted by Crippen LogP contribution is 2.43. The van der Waals surface area contributed by atoms with Gasteiger partial charge in [0.05, 0.1) is 33.8 Å². The molecule has 0 radical (unpaired) electrons. The average molecular weight is 1050 g/mol. The quantitative estimate of drug-likeness (QED) is 0.0205. The maximum absolute atomic E-state index is 13.5. The SMILES string of the molecule is CCCCC/C=C\C/C=C\CCCCCCCCCCCC(=O)OC(/C=C/CCCCCCCCCCCC)C(COP(=O)(O)OCC[N+](C)(C)C)NC(=O)CCCCCCCCCCCCCCCCCC. The van der Waals surface area contributed by atoms with Crippen LogP contribution in [0.2, 0.25) is 0 Å². The lowest BCUT2D eigenvalue weighted by Gasteiger charge is -2.27. The number of ether oxygens (including phenoxy) is 1. The van der Waals surface area contributed by atoms with Crippen LogP contribution in [0.4, 0.5) is 0 Å². The monoisotopic (exact) mass is 1050 g/mol. The van der Waals surface area contributed by atoms with Crippen molar-refractivity contribution in [2.24, 2.45) is 0 Å². The standard InChI is InChI=1S/C63H121N2O7P/c1-7-10-13-16-19-22-25-28-30-32-33-34-36-38-41-44-47-50-53-56-63(67)72-61(54-51-48-45-42-39-27-24-21-18-15-12-9-3)60(59-71-73(68,69)70-58-57-65(4,5)6)64-62(66)55-52-49-46-43-40-37-35-31-29-26-23-20-17-14-11-8-2/h19,22,28,30,51,54,60-61H,7-18,20-21,23-27,29,31-50,52-53,55-59H2,1-6H3,(H-,64,66,68,69)/p+1/b22-19-,30-28-,54-51+. The molecule has 0 aliphatic rings. The van der Waals surface area contributed by atoms with Gasteiger partial charge in [-0.1, -0.05) is 263 Å². The van der Waals surface area contributed by atoms with E-state index in [0.717, 1.165) is 64.2 Å². The van der Waals surface area contributed by atoms with Gasteiger partial charge < -0.3 is 19.4 Å². The van der Waals surface area contributed by atoms with Crippen LogP contribution in [0.25, 0.3) is 0 Å². The van der Waals surface area contributed by atoms with Gasteiger partial charge in [0.15, 0.2) is 0 Å². The predicted octanol–water partition coefficient (Wildman–Crippen LogP) is 19.1. The van der Waals surface area contributed by atoms with Gasteiger partial charge in [-0.2, -0.15) is 0 Å². The van der Waals surface area contributed by atoms with Crippen LogP contribution in [0.3, 0.4) is 0 Å². The molecule has 0 spiro atoms. The van der Waals surface area contributed by atoms with Crippen LogP contribution < -0.4 is 5.32 Å². The van der Waals surface area contributed by atoms with Gasteiger partial charge in [-0.25, -0.2) is 4.57 Å². The van der Waals surface area contributed by atoms with E-state index in [9.17, 15) is 19.0 Å². The Labute approximate surface area is 453 Å². The van der Waals surface area contributed by atoms with Gasteiger partial charge in [0, 0.05) is 12.8 Å². The van der Waals surface area contributed by atoms with Crippen molar-refractivity contribution in [3.05, 3.63) is 36.5 Å². The molecule has 73 heavy (non-hydrogen) atoms. The van der Waals surface area contributed by atoms with Crippen molar-refractivity contribution in [3.8, 4) is 0 Å². The lowest BCUT2D eigenvalue weighted by molar-refractivity contribution is -0.870. The number of rotatable bonds is 57. The molecule has 3 unspecified atom stereocenters. The van der Waals surface area contributed by atoms with Gasteiger partial charge in [-0.3, -0.25) is 18.6 Å². The zero-order valence-corrected chi connectivity index (χ0v) is 50.0. The number of phosphoric acid groups is 1. The summed E-state index contributed by atoms with van der Waals surface area (Å²) in [6.07, 6.45) is 64.2. The molecule has 0 saturated carbocycles. The number of nitrogens with one attached hydrogen (secondary N) is 1. The molecule has 2 N–H and O–H groups in total. The molecule has 9 nitrogen and oxygen atoms in total. The van der Waals surface area contributed by atoms with E-state index in [-0.39, 0.29) is 25.1 Å². The van der Waals surface area contributed by atoms with E-state index in [1.165, 1.54) is 205 Å². The molecule has 0 rings (SSSR count). The fraction of sp³-hybridized carbons (Fsp3) is 0.873. The van der Waals surface area contributed by atoms with Crippen LogP contribution >= 0.6 is 7.82 Å². The van der Waals surface area contributed by atoms with E-state index in [4.69, 9.17) is 13.8 Å². The molecule has 0 fully saturated rings. The van der Waals surface area contributed by atoms with E-state index in [2.05, 4.69) is 50.4 Å². The summed E-state index contributed by atoms with van der Waals surface area (Å²) in [4.78, 5) is 37.7. The summed E-state index contributed by atoms with van der Waals surface area (Å²) in [6.45, 7) is 7.02. The van der Waals surface area contributed by atoms with Gasteiger partial charge in [-0.05, 0) is 63.9 Å². The van der Waals surface area contributed by atoms with E-state index in [0.29, 0.717) is 23.9 Å². The lowest BCUT2D eigenvalue weighted by Crippen LogP contribution is -2.47. The molecule has 430 valence electrons. The van der Waals surface area contributed by atoms with Crippen LogP contribution in [-0.2, 0) is 27.9 Å². The molecule has 0 bridgehead atoms. The minimum absolute atomic E-state index is 0.0420. The van der Waals surface area contributed by atoms with E-state index >= 15 is 0 Å². The van der Waals surface area contributed by atoms with Crippen molar-refractivity contribution < 1.29 is 37.3 Å². The third-order valence-corrected chi connectivity index (χ3v) is 15.1. The van der Waals surface area contributed by atoms with Crippen molar-refractivity contribution >= 4 is 19.7 Å². The maximum atomic E-state index is 13.5. The topological polar surface area (TPSA) is 111 Å². The maximum Gasteiger partial charge on any atom is 0.472 e. The fourth-order valence-electron chi connectivity index (χ4n) is 9.21. The molecule has 1 amide bonds. The third-order valence-electron chi connectivity index (χ3n) is 14.1. The van der Waals surface area contributed by atoms with Gasteiger partial charge in [0.25, 0.3) is 0 Å². The first-order valence-corrected chi connectivity index (χ1v) is 32.8. The van der Waals surface area contributed by atoms with Crippen molar-refractivity contribution in [1.29, 1.82) is 0 Å². The molecule has 10 heteroatoms. The number of amides is 1. The Hall–Kier alpha value is -1.77. The third kappa shape index (κ3) is 54.8. The summed E-state index contributed by atoms with van der Waals surface area (Å²) in [5.41, 5.74) is 0. The van der Waals surface area contributed by atoms with E-state index in [1.54, 1.807) is 0 Å². The number of likely N-dealkylation sites (N-methyl/N-ethyl adjacent to an activating group) is 1. The predicted molar refractivity (Wildman–Crippen MR) is 314 cm³/mol. The van der Waals surface area contributed by atoms with E-state index in [1.807, 2.05) is 33.3 Å². The number of phosphoric ester groups is 1. The molecule has 0 aromatic rings. The van der Waals surface area contributed by atoms with Gasteiger partial charge in [-0.15, -0.1) is 0 Å². The summed E-state index contributed by atoms with van der Waals surface area (Å²) in [7, 11) is 1.51. The summed E-state index contributed by atoms with van der Waals surface area (Å²) >= 11 is 0. The lowest BCUT2D eigenvalue weighted by atomic mass is 10.0. The Kier molecular flexibility index (Phi) is 52.3. The van der Waals surface area contributed by atoms with Crippen molar-refractivity contribution in [1.82, 2.24) is 5.32 Å². The minimum Gasteiger partial charge on any atom is -0.456 e. The summed E-state index contributed by atoms with van der Waals surface area (Å²) in [6, 6.07) is -0.845. The van der Waals surface area contributed by atoms with Gasteiger partial charge in [0.2, 0.25) is 5.91 Å². The molecule has 0 aromatic carbocycles. The molecular formula is C63H122N2O7P+. The summed E-state index contributed by atoms with van der Waals surface area (Å²) in [5.74, 6) is -0.496. The van der Waals surface area contributed by atoms with Crippen LogP contribution in [-0.4, -0.2) is 74.3 Å². The number of hydrogen-bond acceptors (Lipinski definition) is 6. The zero-order valence-electron chi connectivity index (χ0n) is 49.1. The highest BCUT2D eigenvalue weighted by Gasteiger charge is 2.30. The minimum atomic E-state index is -4.44. The van der Waals surface area contributed by atoms with Crippen LogP contribution in [0.1, 0.15) is 303 Å². The van der Waals surface area contributed by atoms with Crippen molar-refractivity contribution in [2.45, 2.75) is 315 Å². The van der Waals surface area contributed by atoms with Gasteiger partial charge in [0.1, 0.15) is 19.3 Å². The first-order chi connectivity index (χ1) is 35.4. The number of carbonyl (C=O) groups excluding carboxylic acids is 2. The zero-order chi connectivity index (χ0) is 53.6. The normalized spacial score (nSPS) is 13.9. The van der Waals surface area contributed by atoms with Crippen LogP contribution in [0.5, 0.6) is 0 Å². The number of hydrogen-bond donors (Lipinski definition) is 2. The second kappa shape index (κ2) is 53.6. The first kappa shape index (κ1) is 71.2. The Balaban J connectivity index is 5.23. The number of quaternary nitrogens is 1. The number of unbranched alkanes of at least 4 members (excludes halogenated alkanes) is 37. The first-order valence-electron chi connectivity index (χ1n) is 31.3. The molecule has 0 aliphatic carbocycles. The molecule has 0 aromatic heterocycles. The van der Waals surface area contributed by atoms with Gasteiger partial charge >= 0.3 is 13.8 Å². The summed E-state index contributed by atoms with van der Waals surface area (Å²) < 4.78 is 30.7. The highest BCUT2D eigenvalue weighted by molar-refractivity contribution is 7.47. The number of allylic oxidation sites excluding steroid dienone is 5. The second-order valence-corrected chi connectivity index (χ2v) is 24.0. The number of carbonyl (C=O) groups is 2. The average Bonchev–Trinajstić information content (AvgIpc) is 3.35. The Morgan fingerprint density at radius 1 is 0.479 bits per heavy atom. The van der Waals surface area contributed by atoms with Crippen LogP contribution in [0.15, 0.2) is 36.5 Å². The second-order valence-electron chi connectivity index (χ2n) is 22.6. The summed E-state index contributed by atoms with van der Waals surface area (Å²) in [5, 5.41) is 3.06. The fourth-order valence-corrected chi connectivity index (χ4v) is 9.94. The smallest absolute Gasteiger partial charge is 0.456 e. The highest BCUT2D eigenvalue weighted by atomic mass is 31.2. The molecular weight excluding hydrogens is 928 g/mol. The number of esters is 1. The Bertz CT molecular complexity index is 1350. The van der Waals surface area contributed by atoms with Crippen molar-refractivity contribution in [3.63, 3.8) is 0 Å². The molecule has 0 aliphatic heterocycles. The van der Waals surface area contributed by atoms with Crippen molar-refractivity contribution in [2.75, 3.05) is 40.9 Å². The molecule has 3 atom stereocenters.